The van der Waals surface area contributed by atoms with E-state index in [9.17, 15) is 8.42 Å². The number of likely N-dealkylation sites (N-methyl/N-ethyl adjacent to an activating group) is 1. The molecule has 1 fully saturated rings. The van der Waals surface area contributed by atoms with Crippen LogP contribution in [-0.2, 0) is 16.6 Å². The molecule has 112 valence electrons. The summed E-state index contributed by atoms with van der Waals surface area (Å²) in [5.74, 6) is 0. The Labute approximate surface area is 121 Å². The third kappa shape index (κ3) is 2.74. The molecule has 1 atom stereocenters. The molecule has 0 amide bonds. The Kier molecular flexibility index (Phi) is 4.49. The minimum atomic E-state index is -3.42. The molecule has 0 saturated carbocycles. The largest absolute Gasteiger partial charge is 0.326 e. The fourth-order valence-corrected chi connectivity index (χ4v) is 4.41. The van der Waals surface area contributed by atoms with Gasteiger partial charge in [0.25, 0.3) is 0 Å². The van der Waals surface area contributed by atoms with Crippen molar-refractivity contribution in [1.82, 2.24) is 9.21 Å². The van der Waals surface area contributed by atoms with Crippen LogP contribution in [0.25, 0.3) is 0 Å². The first kappa shape index (κ1) is 15.4. The Hall–Kier alpha value is -0.950. The maximum Gasteiger partial charge on any atom is 0.243 e. The predicted molar refractivity (Wildman–Crippen MR) is 79.9 cm³/mol. The van der Waals surface area contributed by atoms with Crippen molar-refractivity contribution in [3.63, 3.8) is 0 Å². The molecule has 5 nitrogen and oxygen atoms in total. The molecule has 0 spiro atoms. The summed E-state index contributed by atoms with van der Waals surface area (Å²) in [6, 6.07) is 5.61. The number of hydrogen-bond donors (Lipinski definition) is 1. The molecule has 1 aliphatic rings. The van der Waals surface area contributed by atoms with Gasteiger partial charge in [-0.2, -0.15) is 4.31 Å². The molecule has 0 aromatic heterocycles. The molecule has 1 heterocycles. The molecular weight excluding hydrogens is 274 g/mol. The number of sulfonamides is 1. The molecule has 1 aromatic carbocycles. The zero-order valence-corrected chi connectivity index (χ0v) is 13.2. The van der Waals surface area contributed by atoms with Crippen LogP contribution in [0.2, 0.25) is 0 Å². The third-order valence-electron chi connectivity index (χ3n) is 4.09. The van der Waals surface area contributed by atoms with Crippen LogP contribution >= 0.6 is 0 Å². The normalized spacial score (nSPS) is 20.8. The minimum Gasteiger partial charge on any atom is -0.326 e. The highest BCUT2D eigenvalue weighted by Crippen LogP contribution is 2.26. The zero-order chi connectivity index (χ0) is 14.9. The van der Waals surface area contributed by atoms with E-state index < -0.39 is 10.0 Å². The Morgan fingerprint density at radius 2 is 2.10 bits per heavy atom. The van der Waals surface area contributed by atoms with Crippen LogP contribution in [0.15, 0.2) is 23.1 Å². The summed E-state index contributed by atoms with van der Waals surface area (Å²) in [4.78, 5) is 2.47. The molecule has 0 bridgehead atoms. The van der Waals surface area contributed by atoms with Gasteiger partial charge in [0.15, 0.2) is 0 Å². The van der Waals surface area contributed by atoms with Crippen LogP contribution in [0.5, 0.6) is 0 Å². The third-order valence-corrected chi connectivity index (χ3v) is 6.10. The summed E-state index contributed by atoms with van der Waals surface area (Å²) < 4.78 is 27.1. The lowest BCUT2D eigenvalue weighted by Gasteiger charge is -2.21. The molecule has 1 unspecified atom stereocenters. The maximum atomic E-state index is 12.8. The van der Waals surface area contributed by atoms with E-state index in [-0.39, 0.29) is 0 Å². The standard InChI is InChI=1S/C14H23N3O2S/c1-11-12(9-15)5-4-6-14(11)20(18,19)17-8-7-13(10-17)16(2)3/h4-6,13H,7-10,15H2,1-3H3. The van der Waals surface area contributed by atoms with E-state index in [4.69, 9.17) is 5.73 Å². The van der Waals surface area contributed by atoms with Crippen molar-refractivity contribution in [2.24, 2.45) is 5.73 Å². The lowest BCUT2D eigenvalue weighted by atomic mass is 10.1. The van der Waals surface area contributed by atoms with Gasteiger partial charge in [0.2, 0.25) is 10.0 Å². The van der Waals surface area contributed by atoms with Crippen molar-refractivity contribution in [3.05, 3.63) is 29.3 Å². The van der Waals surface area contributed by atoms with E-state index >= 15 is 0 Å². The lowest BCUT2D eigenvalue weighted by molar-refractivity contribution is 0.302. The number of rotatable bonds is 4. The van der Waals surface area contributed by atoms with E-state index in [0.29, 0.717) is 30.6 Å². The van der Waals surface area contributed by atoms with Gasteiger partial charge in [-0.15, -0.1) is 0 Å². The average molecular weight is 297 g/mol. The Morgan fingerprint density at radius 1 is 1.40 bits per heavy atom. The monoisotopic (exact) mass is 297 g/mol. The Morgan fingerprint density at radius 3 is 2.65 bits per heavy atom. The first-order valence-corrected chi connectivity index (χ1v) is 8.27. The van der Waals surface area contributed by atoms with E-state index in [2.05, 4.69) is 4.90 Å². The van der Waals surface area contributed by atoms with Gasteiger partial charge in [0, 0.05) is 25.7 Å². The number of nitrogens with zero attached hydrogens (tertiary/aromatic N) is 2. The Balaban J connectivity index is 2.33. The molecule has 0 aliphatic carbocycles. The van der Waals surface area contributed by atoms with Gasteiger partial charge in [-0.05, 0) is 44.6 Å². The quantitative estimate of drug-likeness (QED) is 0.892. The minimum absolute atomic E-state index is 0.294. The van der Waals surface area contributed by atoms with Crippen molar-refractivity contribution in [3.8, 4) is 0 Å². The highest BCUT2D eigenvalue weighted by Gasteiger charge is 2.34. The van der Waals surface area contributed by atoms with Crippen LogP contribution in [0, 0.1) is 6.92 Å². The van der Waals surface area contributed by atoms with Gasteiger partial charge < -0.3 is 10.6 Å². The van der Waals surface area contributed by atoms with Gasteiger partial charge in [-0.25, -0.2) is 8.42 Å². The van der Waals surface area contributed by atoms with Crippen LogP contribution in [-0.4, -0.2) is 50.8 Å². The van der Waals surface area contributed by atoms with Crippen LogP contribution in [0.1, 0.15) is 17.5 Å². The highest BCUT2D eigenvalue weighted by molar-refractivity contribution is 7.89. The summed E-state index contributed by atoms with van der Waals surface area (Å²) in [6.45, 7) is 3.32. The highest BCUT2D eigenvalue weighted by atomic mass is 32.2. The van der Waals surface area contributed by atoms with Crippen molar-refractivity contribution >= 4 is 10.0 Å². The summed E-state index contributed by atoms with van der Waals surface area (Å²) in [5, 5.41) is 0. The van der Waals surface area contributed by atoms with E-state index in [1.54, 1.807) is 16.4 Å². The van der Waals surface area contributed by atoms with Gasteiger partial charge >= 0.3 is 0 Å². The van der Waals surface area contributed by atoms with Crippen molar-refractivity contribution in [2.45, 2.75) is 30.8 Å². The molecule has 6 heteroatoms. The maximum absolute atomic E-state index is 12.8. The van der Waals surface area contributed by atoms with Crippen LogP contribution in [0.4, 0.5) is 0 Å². The molecule has 1 aliphatic heterocycles. The molecular formula is C14H23N3O2S. The summed E-state index contributed by atoms with van der Waals surface area (Å²) in [6.07, 6.45) is 0.877. The van der Waals surface area contributed by atoms with Gasteiger partial charge in [-0.3, -0.25) is 0 Å². The molecule has 20 heavy (non-hydrogen) atoms. The van der Waals surface area contributed by atoms with Crippen molar-refractivity contribution < 1.29 is 8.42 Å². The predicted octanol–water partition coefficient (Wildman–Crippen LogP) is 0.778. The fourth-order valence-electron chi connectivity index (χ4n) is 2.65. The molecule has 1 aromatic rings. The van der Waals surface area contributed by atoms with E-state index in [1.165, 1.54) is 0 Å². The topological polar surface area (TPSA) is 66.6 Å². The number of hydrogen-bond acceptors (Lipinski definition) is 4. The zero-order valence-electron chi connectivity index (χ0n) is 12.3. The smallest absolute Gasteiger partial charge is 0.243 e. The SMILES string of the molecule is Cc1c(CN)cccc1S(=O)(=O)N1CCC(N(C)C)C1. The summed E-state index contributed by atoms with van der Waals surface area (Å²) in [5.41, 5.74) is 7.31. The lowest BCUT2D eigenvalue weighted by Crippen LogP contribution is -2.34. The molecule has 2 rings (SSSR count). The number of nitrogens with two attached hydrogens (primary N) is 1. The average Bonchev–Trinajstić information content (AvgIpc) is 2.89. The van der Waals surface area contributed by atoms with Crippen molar-refractivity contribution in [1.29, 1.82) is 0 Å². The van der Waals surface area contributed by atoms with Gasteiger partial charge in [0.1, 0.15) is 0 Å². The second-order valence-corrected chi connectivity index (χ2v) is 7.42. The van der Waals surface area contributed by atoms with Gasteiger partial charge in [-0.1, -0.05) is 12.1 Å². The number of benzene rings is 1. The van der Waals surface area contributed by atoms with Crippen LogP contribution < -0.4 is 5.73 Å². The first-order chi connectivity index (χ1) is 9.37. The van der Waals surface area contributed by atoms with Crippen LogP contribution in [0.3, 0.4) is 0 Å². The van der Waals surface area contributed by atoms with E-state index in [0.717, 1.165) is 17.5 Å². The van der Waals surface area contributed by atoms with Gasteiger partial charge in [0.05, 0.1) is 4.90 Å². The van der Waals surface area contributed by atoms with E-state index in [1.807, 2.05) is 27.1 Å². The summed E-state index contributed by atoms with van der Waals surface area (Å²) >= 11 is 0. The molecule has 0 radical (unpaired) electrons. The van der Waals surface area contributed by atoms with Crippen molar-refractivity contribution in [2.75, 3.05) is 27.2 Å². The molecule has 2 N–H and O–H groups in total. The second-order valence-electron chi connectivity index (χ2n) is 5.51. The fraction of sp³-hybridized carbons (Fsp3) is 0.571. The second kappa shape index (κ2) is 5.81. The Bertz CT molecular complexity index is 584. The first-order valence-electron chi connectivity index (χ1n) is 6.83. The molecule has 1 saturated heterocycles. The summed E-state index contributed by atoms with van der Waals surface area (Å²) in [7, 11) is 0.557.